The Morgan fingerprint density at radius 2 is 1.85 bits per heavy atom. The predicted octanol–water partition coefficient (Wildman–Crippen LogP) is 4.71. The Morgan fingerprint density at radius 1 is 1.07 bits per heavy atom. The monoisotopic (exact) mass is 573 g/mol. The lowest BCUT2D eigenvalue weighted by Gasteiger charge is -2.34. The lowest BCUT2D eigenvalue weighted by atomic mass is 9.90. The number of anilines is 2. The summed E-state index contributed by atoms with van der Waals surface area (Å²) in [6, 6.07) is 13.4. The molecule has 1 saturated heterocycles. The number of nitriles is 1. The minimum atomic E-state index is -4.29. The molecule has 10 nitrogen and oxygen atoms in total. The minimum Gasteiger partial charge on any atom is -0.362 e. The summed E-state index contributed by atoms with van der Waals surface area (Å²) in [6.45, 7) is 11.1. The number of carbonyl (C=O) groups excluding carboxylic acids is 1. The summed E-state index contributed by atoms with van der Waals surface area (Å²) in [6.07, 6.45) is 3.95. The molecule has 0 saturated carbocycles. The highest BCUT2D eigenvalue weighted by Gasteiger charge is 2.41. The molecule has 5 heterocycles. The average molecular weight is 574 g/mol. The van der Waals surface area contributed by atoms with Gasteiger partial charge < -0.3 is 10.2 Å². The number of fused-ring (bicyclic) bond motifs is 6. The second-order valence-corrected chi connectivity index (χ2v) is 14.1. The van der Waals surface area contributed by atoms with Crippen molar-refractivity contribution in [2.75, 3.05) is 16.8 Å². The van der Waals surface area contributed by atoms with Crippen LogP contribution in [0.1, 0.15) is 87.2 Å². The zero-order valence-corrected chi connectivity index (χ0v) is 24.8. The molecule has 2 N–H and O–H groups in total. The van der Waals surface area contributed by atoms with E-state index in [1.54, 1.807) is 30.3 Å². The maximum Gasteiger partial charge on any atom is 0.281 e. The number of nitrogens with one attached hydrogen (secondary N) is 2. The zero-order chi connectivity index (χ0) is 29.6. The SMILES string of the molecule is CC(C)(C)c1ccc2c(n1)N1C[C@@H](CCC(c3ccc(C#N)cn3)Nc3cccc(n3)S(=O)(=O)NC2=O)CC1(C)C. The fraction of sp³-hybridized carbons (Fsp3) is 0.433. The van der Waals surface area contributed by atoms with E-state index in [4.69, 9.17) is 4.98 Å². The van der Waals surface area contributed by atoms with Crippen LogP contribution in [0, 0.1) is 17.2 Å². The highest BCUT2D eigenvalue weighted by Crippen LogP contribution is 2.41. The zero-order valence-electron chi connectivity index (χ0n) is 24.0. The lowest BCUT2D eigenvalue weighted by Crippen LogP contribution is -2.41. The van der Waals surface area contributed by atoms with Gasteiger partial charge in [-0.3, -0.25) is 9.78 Å². The normalized spacial score (nSPS) is 21.9. The third kappa shape index (κ3) is 5.88. The van der Waals surface area contributed by atoms with Gasteiger partial charge in [-0.05, 0) is 75.4 Å². The molecule has 0 spiro atoms. The van der Waals surface area contributed by atoms with Crippen LogP contribution in [-0.2, 0) is 15.4 Å². The van der Waals surface area contributed by atoms with Crippen LogP contribution in [0.3, 0.4) is 0 Å². The number of carbonyl (C=O) groups is 1. The van der Waals surface area contributed by atoms with Crippen molar-refractivity contribution < 1.29 is 13.2 Å². The van der Waals surface area contributed by atoms with Crippen molar-refractivity contribution in [2.45, 2.75) is 75.9 Å². The van der Waals surface area contributed by atoms with Gasteiger partial charge in [-0.15, -0.1) is 0 Å². The average Bonchev–Trinajstić information content (AvgIpc) is 3.23. The number of rotatable bonds is 1. The minimum absolute atomic E-state index is 0.208. The summed E-state index contributed by atoms with van der Waals surface area (Å²) in [4.78, 5) is 29.5. The maximum absolute atomic E-state index is 13.6. The molecule has 4 bridgehead atoms. The van der Waals surface area contributed by atoms with Crippen LogP contribution < -0.4 is 14.9 Å². The van der Waals surface area contributed by atoms with Gasteiger partial charge in [0.05, 0.1) is 22.9 Å². The van der Waals surface area contributed by atoms with E-state index in [1.165, 1.54) is 12.3 Å². The molecule has 0 aliphatic carbocycles. The molecule has 3 aromatic rings. The van der Waals surface area contributed by atoms with Crippen LogP contribution in [0.2, 0.25) is 0 Å². The molecule has 1 unspecified atom stereocenters. The van der Waals surface area contributed by atoms with Crippen molar-refractivity contribution in [3.05, 3.63) is 71.2 Å². The molecule has 1 fully saturated rings. The number of aromatic nitrogens is 3. The largest absolute Gasteiger partial charge is 0.362 e. The van der Waals surface area contributed by atoms with Gasteiger partial charge in [0.25, 0.3) is 15.9 Å². The van der Waals surface area contributed by atoms with Gasteiger partial charge in [-0.2, -0.15) is 13.7 Å². The summed E-state index contributed by atoms with van der Waals surface area (Å²) in [5.41, 5.74) is 1.62. The van der Waals surface area contributed by atoms with Crippen molar-refractivity contribution in [1.82, 2.24) is 19.7 Å². The van der Waals surface area contributed by atoms with E-state index >= 15 is 0 Å². The van der Waals surface area contributed by atoms with Crippen LogP contribution in [0.4, 0.5) is 11.6 Å². The van der Waals surface area contributed by atoms with Crippen LogP contribution >= 0.6 is 0 Å². The van der Waals surface area contributed by atoms with E-state index in [1.807, 2.05) is 6.07 Å². The number of pyridine rings is 3. The fourth-order valence-corrected chi connectivity index (χ4v) is 6.56. The first-order valence-corrected chi connectivity index (χ1v) is 15.2. The van der Waals surface area contributed by atoms with Gasteiger partial charge in [-0.25, -0.2) is 14.7 Å². The Balaban J connectivity index is 1.62. The van der Waals surface area contributed by atoms with E-state index in [0.29, 0.717) is 30.2 Å². The van der Waals surface area contributed by atoms with Crippen LogP contribution in [0.15, 0.2) is 53.7 Å². The molecule has 5 rings (SSSR count). The molecule has 2 aliphatic rings. The summed E-state index contributed by atoms with van der Waals surface area (Å²) in [5, 5.41) is 12.3. The molecule has 41 heavy (non-hydrogen) atoms. The Hall–Kier alpha value is -4.04. The third-order valence-electron chi connectivity index (χ3n) is 7.79. The summed E-state index contributed by atoms with van der Waals surface area (Å²) >= 11 is 0. The van der Waals surface area contributed by atoms with E-state index < -0.39 is 15.9 Å². The molecule has 11 heteroatoms. The van der Waals surface area contributed by atoms with Crippen LogP contribution in [0.5, 0.6) is 0 Å². The summed E-state index contributed by atoms with van der Waals surface area (Å²) < 4.78 is 28.9. The molecular formula is C30H35N7O3S. The number of nitrogens with zero attached hydrogens (tertiary/aromatic N) is 5. The molecule has 214 valence electrons. The van der Waals surface area contributed by atoms with Crippen molar-refractivity contribution in [1.29, 1.82) is 5.26 Å². The Kier molecular flexibility index (Phi) is 7.24. The lowest BCUT2D eigenvalue weighted by molar-refractivity contribution is 0.0981. The number of hydrogen-bond donors (Lipinski definition) is 2. The number of hydrogen-bond acceptors (Lipinski definition) is 9. The number of sulfonamides is 1. The highest BCUT2D eigenvalue weighted by molar-refractivity contribution is 7.90. The number of amides is 1. The summed E-state index contributed by atoms with van der Waals surface area (Å²) in [7, 11) is -4.29. The van der Waals surface area contributed by atoms with Crippen molar-refractivity contribution >= 4 is 27.6 Å². The molecule has 2 atom stereocenters. The van der Waals surface area contributed by atoms with E-state index in [-0.39, 0.29) is 33.5 Å². The highest BCUT2D eigenvalue weighted by atomic mass is 32.2. The molecule has 3 aromatic heterocycles. The second kappa shape index (κ2) is 10.4. The van der Waals surface area contributed by atoms with E-state index in [2.05, 4.69) is 65.6 Å². The smallest absolute Gasteiger partial charge is 0.281 e. The van der Waals surface area contributed by atoms with Crippen molar-refractivity contribution in [3.63, 3.8) is 0 Å². The quantitative estimate of drug-likeness (QED) is 0.423. The van der Waals surface area contributed by atoms with Crippen LogP contribution in [0.25, 0.3) is 0 Å². The van der Waals surface area contributed by atoms with E-state index in [9.17, 15) is 18.5 Å². The molecule has 0 radical (unpaired) electrons. The molecule has 2 aliphatic heterocycles. The maximum atomic E-state index is 13.6. The van der Waals surface area contributed by atoms with Gasteiger partial charge >= 0.3 is 0 Å². The second-order valence-electron chi connectivity index (χ2n) is 12.5. The fourth-order valence-electron chi connectivity index (χ4n) is 5.63. The standard InChI is InChI=1S/C30H35N7O3S/c1-29(2,3)24-14-11-21-27(34-24)37-18-19(15-30(37,4)5)9-13-23(22-12-10-20(16-31)17-32-22)33-25-7-6-8-26(35-25)41(39,40)36-28(21)38/h6-8,10-12,14,17,19,23H,9,13,15,18H2,1-5H3,(H,33,35)(H,36,38)/t19-,23?/m0/s1. The summed E-state index contributed by atoms with van der Waals surface area (Å²) in [5.74, 6) is 0.369. The first kappa shape index (κ1) is 28.5. The van der Waals surface area contributed by atoms with Gasteiger partial charge in [0, 0.05) is 29.4 Å². The molecule has 1 amide bonds. The van der Waals surface area contributed by atoms with Gasteiger partial charge in [0.15, 0.2) is 5.03 Å². The Labute approximate surface area is 241 Å². The topological polar surface area (TPSA) is 141 Å². The predicted molar refractivity (Wildman–Crippen MR) is 156 cm³/mol. The van der Waals surface area contributed by atoms with Crippen molar-refractivity contribution in [2.24, 2.45) is 5.92 Å². The first-order chi connectivity index (χ1) is 19.3. The first-order valence-electron chi connectivity index (χ1n) is 13.7. The molecular weight excluding hydrogens is 538 g/mol. The van der Waals surface area contributed by atoms with Gasteiger partial charge in [0.1, 0.15) is 17.7 Å². The van der Waals surface area contributed by atoms with Gasteiger partial charge in [0.2, 0.25) is 0 Å². The third-order valence-corrected chi connectivity index (χ3v) is 9.02. The van der Waals surface area contributed by atoms with Gasteiger partial charge in [-0.1, -0.05) is 26.8 Å². The van der Waals surface area contributed by atoms with Crippen molar-refractivity contribution in [3.8, 4) is 6.07 Å². The van der Waals surface area contributed by atoms with Crippen LogP contribution in [-0.4, -0.2) is 41.4 Å². The Morgan fingerprint density at radius 3 is 2.54 bits per heavy atom. The Bertz CT molecular complexity index is 1620. The van der Waals surface area contributed by atoms with E-state index in [0.717, 1.165) is 24.2 Å². The molecule has 0 aromatic carbocycles.